The van der Waals surface area contributed by atoms with Gasteiger partial charge in [0, 0.05) is 32.7 Å². The first-order valence-corrected chi connectivity index (χ1v) is 7.97. The summed E-state index contributed by atoms with van der Waals surface area (Å²) in [7, 11) is 0. The van der Waals surface area contributed by atoms with Gasteiger partial charge in [-0.1, -0.05) is 19.3 Å². The maximum absolute atomic E-state index is 6.39. The monoisotopic (exact) mass is 321 g/mol. The highest BCUT2D eigenvalue weighted by atomic mass is 79.9. The van der Waals surface area contributed by atoms with Crippen LogP contribution >= 0.6 is 38.9 Å². The summed E-state index contributed by atoms with van der Waals surface area (Å²) in [6.07, 6.45) is 6.33. The predicted octanol–water partition coefficient (Wildman–Crippen LogP) is 4.54. The summed E-state index contributed by atoms with van der Waals surface area (Å²) in [5.41, 5.74) is 0. The Bertz CT molecular complexity index is 329. The van der Waals surface area contributed by atoms with Gasteiger partial charge in [0.2, 0.25) is 0 Å². The van der Waals surface area contributed by atoms with Crippen molar-refractivity contribution in [3.63, 3.8) is 0 Å². The molecule has 1 heterocycles. The molecule has 0 saturated heterocycles. The fourth-order valence-electron chi connectivity index (χ4n) is 2.17. The number of rotatable bonds is 3. The van der Waals surface area contributed by atoms with Crippen LogP contribution in [0, 0.1) is 0 Å². The molecule has 1 nitrogen and oxygen atoms in total. The minimum atomic E-state index is 0.311. The fraction of sp³-hybridized carbons (Fsp3) is 0.667. The van der Waals surface area contributed by atoms with Crippen LogP contribution in [0.4, 0.5) is 0 Å². The van der Waals surface area contributed by atoms with Crippen LogP contribution in [0.5, 0.6) is 0 Å². The lowest BCUT2D eigenvalue weighted by Crippen LogP contribution is -2.35. The van der Waals surface area contributed by atoms with Crippen LogP contribution in [0.25, 0.3) is 0 Å². The third kappa shape index (κ3) is 3.73. The molecule has 1 aliphatic carbocycles. The maximum atomic E-state index is 6.39. The Morgan fingerprint density at radius 3 is 2.94 bits per heavy atom. The molecule has 0 bridgehead atoms. The van der Waals surface area contributed by atoms with Gasteiger partial charge < -0.3 is 5.32 Å². The number of hydrogen-bond acceptors (Lipinski definition) is 2. The van der Waals surface area contributed by atoms with Crippen molar-refractivity contribution >= 4 is 38.9 Å². The lowest BCUT2D eigenvalue weighted by atomic mass is 10.1. The summed E-state index contributed by atoms with van der Waals surface area (Å²) in [4.78, 5) is 1.37. The highest BCUT2D eigenvalue weighted by molar-refractivity contribution is 9.10. The van der Waals surface area contributed by atoms with Crippen LogP contribution in [-0.4, -0.2) is 11.4 Å². The van der Waals surface area contributed by atoms with Gasteiger partial charge in [0.25, 0.3) is 0 Å². The van der Waals surface area contributed by atoms with E-state index in [2.05, 4.69) is 32.7 Å². The quantitative estimate of drug-likeness (QED) is 0.636. The maximum Gasteiger partial charge on any atom is 0.0489 e. The fourth-order valence-corrected chi connectivity index (χ4v) is 3.94. The minimum Gasteiger partial charge on any atom is -0.308 e. The first kappa shape index (κ1) is 12.9. The molecule has 1 aliphatic rings. The second-order valence-electron chi connectivity index (χ2n) is 4.37. The Labute approximate surface area is 115 Å². The van der Waals surface area contributed by atoms with Crippen LogP contribution in [0.2, 0.25) is 0 Å². The van der Waals surface area contributed by atoms with Gasteiger partial charge in [-0.2, -0.15) is 0 Å². The molecule has 2 rings (SSSR count). The molecule has 0 radical (unpaired) electrons. The second-order valence-corrected chi connectivity index (χ2v) is 6.84. The van der Waals surface area contributed by atoms with E-state index in [9.17, 15) is 0 Å². The zero-order valence-electron chi connectivity index (χ0n) is 9.22. The molecule has 1 saturated carbocycles. The number of thiophene rings is 1. The van der Waals surface area contributed by atoms with E-state index < -0.39 is 0 Å². The van der Waals surface area contributed by atoms with E-state index in [1.807, 2.05) is 0 Å². The Balaban J connectivity index is 1.83. The molecule has 90 valence electrons. The average Bonchev–Trinajstić information content (AvgIpc) is 2.56. The van der Waals surface area contributed by atoms with Gasteiger partial charge >= 0.3 is 0 Å². The van der Waals surface area contributed by atoms with Gasteiger partial charge in [-0.05, 0) is 34.8 Å². The minimum absolute atomic E-state index is 0.311. The normalized spacial score (nSPS) is 26.6. The molecule has 0 spiro atoms. The lowest BCUT2D eigenvalue weighted by Gasteiger charge is -2.20. The molecule has 1 aromatic heterocycles. The van der Waals surface area contributed by atoms with Crippen molar-refractivity contribution < 1.29 is 0 Å². The topological polar surface area (TPSA) is 12.0 Å². The number of halogens is 2. The van der Waals surface area contributed by atoms with E-state index in [0.29, 0.717) is 11.4 Å². The number of nitrogens with one attached hydrogen (secondary N) is 1. The molecule has 2 atom stereocenters. The molecule has 0 aliphatic heterocycles. The van der Waals surface area contributed by atoms with E-state index in [-0.39, 0.29) is 0 Å². The Hall–Kier alpha value is 0.430. The van der Waals surface area contributed by atoms with Crippen molar-refractivity contribution in [3.8, 4) is 0 Å². The standard InChI is InChI=1S/C12H17BrClNS/c13-9-6-10(16-8-9)7-15-12-5-3-1-2-4-11(12)14/h6,8,11-12,15H,1-5,7H2. The lowest BCUT2D eigenvalue weighted by molar-refractivity contribution is 0.466. The number of hydrogen-bond donors (Lipinski definition) is 1. The molecule has 0 amide bonds. The van der Waals surface area contributed by atoms with Crippen LogP contribution in [0.15, 0.2) is 15.9 Å². The summed E-state index contributed by atoms with van der Waals surface area (Å²) in [6, 6.07) is 2.67. The van der Waals surface area contributed by atoms with Crippen LogP contribution in [0.1, 0.15) is 37.0 Å². The molecule has 0 aromatic carbocycles. The van der Waals surface area contributed by atoms with Crippen molar-refractivity contribution in [1.29, 1.82) is 0 Å². The Morgan fingerprint density at radius 1 is 1.38 bits per heavy atom. The molecule has 4 heteroatoms. The van der Waals surface area contributed by atoms with Gasteiger partial charge in [-0.15, -0.1) is 22.9 Å². The summed E-state index contributed by atoms with van der Waals surface area (Å²) in [6.45, 7) is 0.949. The summed E-state index contributed by atoms with van der Waals surface area (Å²) >= 11 is 11.7. The summed E-state index contributed by atoms with van der Waals surface area (Å²) in [5, 5.41) is 6.04. The molecular formula is C12H17BrClNS. The van der Waals surface area contributed by atoms with E-state index in [4.69, 9.17) is 11.6 Å². The van der Waals surface area contributed by atoms with E-state index in [1.54, 1.807) is 11.3 Å². The zero-order valence-corrected chi connectivity index (χ0v) is 12.4. The third-order valence-electron chi connectivity index (χ3n) is 3.09. The van der Waals surface area contributed by atoms with Gasteiger partial charge in [-0.3, -0.25) is 0 Å². The first-order valence-electron chi connectivity index (χ1n) is 5.86. The van der Waals surface area contributed by atoms with Crippen LogP contribution < -0.4 is 5.32 Å². The van der Waals surface area contributed by atoms with Crippen LogP contribution in [0.3, 0.4) is 0 Å². The smallest absolute Gasteiger partial charge is 0.0489 e. The van der Waals surface area contributed by atoms with Crippen molar-refractivity contribution in [2.45, 2.75) is 50.1 Å². The van der Waals surface area contributed by atoms with Gasteiger partial charge in [-0.25, -0.2) is 0 Å². The van der Waals surface area contributed by atoms with Crippen LogP contribution in [-0.2, 0) is 6.54 Å². The summed E-state index contributed by atoms with van der Waals surface area (Å²) in [5.74, 6) is 0. The van der Waals surface area contributed by atoms with Crippen molar-refractivity contribution in [3.05, 3.63) is 20.8 Å². The molecule has 1 fully saturated rings. The van der Waals surface area contributed by atoms with Gasteiger partial charge in [0.1, 0.15) is 0 Å². The average molecular weight is 323 g/mol. The molecule has 1 aromatic rings. The molecule has 1 N–H and O–H groups in total. The van der Waals surface area contributed by atoms with E-state index >= 15 is 0 Å². The van der Waals surface area contributed by atoms with Crippen molar-refractivity contribution in [1.82, 2.24) is 5.32 Å². The van der Waals surface area contributed by atoms with E-state index in [1.165, 1.54) is 35.0 Å². The van der Waals surface area contributed by atoms with Crippen molar-refractivity contribution in [2.75, 3.05) is 0 Å². The van der Waals surface area contributed by atoms with Crippen molar-refractivity contribution in [2.24, 2.45) is 0 Å². The summed E-state index contributed by atoms with van der Waals surface area (Å²) < 4.78 is 1.18. The predicted molar refractivity (Wildman–Crippen MR) is 75.4 cm³/mol. The zero-order chi connectivity index (χ0) is 11.4. The molecule has 2 unspecified atom stereocenters. The highest BCUT2D eigenvalue weighted by Gasteiger charge is 2.20. The third-order valence-corrected chi connectivity index (χ3v) is 5.31. The highest BCUT2D eigenvalue weighted by Crippen LogP contribution is 2.24. The second kappa shape index (κ2) is 6.39. The molecule has 16 heavy (non-hydrogen) atoms. The van der Waals surface area contributed by atoms with E-state index in [0.717, 1.165) is 13.0 Å². The largest absolute Gasteiger partial charge is 0.308 e. The Morgan fingerprint density at radius 2 is 2.19 bits per heavy atom. The van der Waals surface area contributed by atoms with Gasteiger partial charge in [0.05, 0.1) is 0 Å². The molecular weight excluding hydrogens is 306 g/mol. The SMILES string of the molecule is ClC1CCCCCC1NCc1cc(Br)cs1. The Kier molecular flexibility index (Phi) is 5.14. The van der Waals surface area contributed by atoms with Gasteiger partial charge in [0.15, 0.2) is 0 Å². The number of alkyl halides is 1. The first-order chi connectivity index (χ1) is 7.75.